The summed E-state index contributed by atoms with van der Waals surface area (Å²) in [5.74, 6) is 0. The van der Waals surface area contributed by atoms with Gasteiger partial charge in [-0.15, -0.1) is 0 Å². The van der Waals surface area contributed by atoms with E-state index in [4.69, 9.17) is 0 Å². The summed E-state index contributed by atoms with van der Waals surface area (Å²) in [5, 5.41) is 19.4. The SMILES string of the molecule is OB(O)c1ccc(N(c2ccc(-c3ccccc3)cc2)c2ccccc2-c2ccccc2-c2ccccc2)cc1. The first-order chi connectivity index (χ1) is 19.7. The van der Waals surface area contributed by atoms with Crippen LogP contribution in [0, 0.1) is 0 Å². The molecule has 0 fully saturated rings. The molecule has 0 saturated heterocycles. The van der Waals surface area contributed by atoms with E-state index in [2.05, 4.69) is 114 Å². The van der Waals surface area contributed by atoms with Crippen molar-refractivity contribution < 1.29 is 10.0 Å². The summed E-state index contributed by atoms with van der Waals surface area (Å²) in [6.07, 6.45) is 0. The summed E-state index contributed by atoms with van der Waals surface area (Å²) in [7, 11) is -1.52. The molecule has 0 radical (unpaired) electrons. The van der Waals surface area contributed by atoms with Crippen molar-refractivity contribution in [1.29, 1.82) is 0 Å². The van der Waals surface area contributed by atoms with Gasteiger partial charge in [-0.25, -0.2) is 0 Å². The minimum absolute atomic E-state index is 0.450. The Morgan fingerprint density at radius 3 is 1.43 bits per heavy atom. The highest BCUT2D eigenvalue weighted by atomic mass is 16.4. The van der Waals surface area contributed by atoms with Crippen molar-refractivity contribution in [2.45, 2.75) is 0 Å². The van der Waals surface area contributed by atoms with Crippen LogP contribution in [0.4, 0.5) is 17.1 Å². The maximum atomic E-state index is 9.70. The number of rotatable bonds is 7. The van der Waals surface area contributed by atoms with E-state index < -0.39 is 7.12 Å². The van der Waals surface area contributed by atoms with Crippen molar-refractivity contribution in [3.05, 3.63) is 158 Å². The molecule has 0 atom stereocenters. The molecule has 0 heterocycles. The quantitative estimate of drug-likeness (QED) is 0.212. The molecule has 6 rings (SSSR count). The van der Waals surface area contributed by atoms with Crippen molar-refractivity contribution in [3.63, 3.8) is 0 Å². The van der Waals surface area contributed by atoms with Gasteiger partial charge >= 0.3 is 7.12 Å². The van der Waals surface area contributed by atoms with Crippen LogP contribution >= 0.6 is 0 Å². The largest absolute Gasteiger partial charge is 0.488 e. The van der Waals surface area contributed by atoms with E-state index >= 15 is 0 Å². The molecule has 0 bridgehead atoms. The van der Waals surface area contributed by atoms with Gasteiger partial charge in [0.25, 0.3) is 0 Å². The van der Waals surface area contributed by atoms with Crippen LogP contribution in [-0.2, 0) is 0 Å². The predicted molar refractivity (Wildman–Crippen MR) is 167 cm³/mol. The number of nitrogens with zero attached hydrogens (tertiary/aromatic N) is 1. The highest BCUT2D eigenvalue weighted by Gasteiger charge is 2.20. The first-order valence-electron chi connectivity index (χ1n) is 13.3. The van der Waals surface area contributed by atoms with Crippen LogP contribution < -0.4 is 10.4 Å². The van der Waals surface area contributed by atoms with E-state index in [9.17, 15) is 10.0 Å². The lowest BCUT2D eigenvalue weighted by molar-refractivity contribution is 0.426. The van der Waals surface area contributed by atoms with Crippen LogP contribution in [0.25, 0.3) is 33.4 Å². The molecule has 0 aliphatic carbocycles. The number of anilines is 3. The summed E-state index contributed by atoms with van der Waals surface area (Å²) in [5.41, 5.74) is 10.3. The van der Waals surface area contributed by atoms with Gasteiger partial charge in [0.2, 0.25) is 0 Å². The Balaban J connectivity index is 1.52. The average Bonchev–Trinajstić information content (AvgIpc) is 3.03. The number of hydrogen-bond acceptors (Lipinski definition) is 3. The maximum Gasteiger partial charge on any atom is 0.488 e. The molecule has 0 saturated carbocycles. The Hall–Kier alpha value is -4.90. The molecule has 0 aromatic heterocycles. The van der Waals surface area contributed by atoms with E-state index in [1.165, 1.54) is 5.56 Å². The fourth-order valence-corrected chi connectivity index (χ4v) is 5.14. The second-order valence-corrected chi connectivity index (χ2v) is 9.64. The van der Waals surface area contributed by atoms with Crippen molar-refractivity contribution in [2.24, 2.45) is 0 Å². The third-order valence-electron chi connectivity index (χ3n) is 7.13. The fraction of sp³-hybridized carbons (Fsp3) is 0. The van der Waals surface area contributed by atoms with E-state index in [1.807, 2.05) is 36.4 Å². The van der Waals surface area contributed by atoms with Gasteiger partial charge < -0.3 is 14.9 Å². The molecule has 6 aromatic carbocycles. The van der Waals surface area contributed by atoms with E-state index in [0.717, 1.165) is 44.9 Å². The summed E-state index contributed by atoms with van der Waals surface area (Å²) in [6, 6.07) is 53.6. The second-order valence-electron chi connectivity index (χ2n) is 9.64. The van der Waals surface area contributed by atoms with Crippen molar-refractivity contribution in [1.82, 2.24) is 0 Å². The number of para-hydroxylation sites is 1. The number of benzene rings is 6. The van der Waals surface area contributed by atoms with Gasteiger partial charge in [0, 0.05) is 16.9 Å². The third kappa shape index (κ3) is 5.19. The monoisotopic (exact) mass is 517 g/mol. The lowest BCUT2D eigenvalue weighted by atomic mass is 9.80. The Labute approximate surface area is 235 Å². The summed E-state index contributed by atoms with van der Waals surface area (Å²) < 4.78 is 0. The van der Waals surface area contributed by atoms with Gasteiger partial charge in [-0.3, -0.25) is 0 Å². The maximum absolute atomic E-state index is 9.70. The minimum atomic E-state index is -1.52. The molecule has 6 aromatic rings. The van der Waals surface area contributed by atoms with Gasteiger partial charge in [0.15, 0.2) is 0 Å². The highest BCUT2D eigenvalue weighted by molar-refractivity contribution is 6.58. The molecule has 4 heteroatoms. The smallest absolute Gasteiger partial charge is 0.423 e. The zero-order chi connectivity index (χ0) is 27.3. The van der Waals surface area contributed by atoms with E-state index in [-0.39, 0.29) is 0 Å². The normalized spacial score (nSPS) is 10.8. The molecular formula is C36H28BNO2. The van der Waals surface area contributed by atoms with Crippen LogP contribution in [0.3, 0.4) is 0 Å². The zero-order valence-corrected chi connectivity index (χ0v) is 21.9. The van der Waals surface area contributed by atoms with Crippen LogP contribution in [0.15, 0.2) is 158 Å². The highest BCUT2D eigenvalue weighted by Crippen LogP contribution is 2.43. The van der Waals surface area contributed by atoms with Crippen LogP contribution in [0.1, 0.15) is 0 Å². The third-order valence-corrected chi connectivity index (χ3v) is 7.13. The molecule has 40 heavy (non-hydrogen) atoms. The molecule has 0 amide bonds. The zero-order valence-electron chi connectivity index (χ0n) is 21.9. The standard InChI is InChI=1S/C36H28BNO2/c39-37(40)30-21-25-32(26-22-30)38(31-23-19-28(20-24-31)27-11-3-1-4-12-27)36-18-10-9-17-35(36)34-16-8-7-15-33(34)29-13-5-2-6-14-29/h1-26,39-40H. The van der Waals surface area contributed by atoms with Crippen molar-refractivity contribution in [3.8, 4) is 33.4 Å². The van der Waals surface area contributed by atoms with Crippen LogP contribution in [0.5, 0.6) is 0 Å². The number of hydrogen-bond donors (Lipinski definition) is 2. The summed E-state index contributed by atoms with van der Waals surface area (Å²) in [6.45, 7) is 0. The molecule has 3 nitrogen and oxygen atoms in total. The van der Waals surface area contributed by atoms with Gasteiger partial charge in [0.1, 0.15) is 0 Å². The Morgan fingerprint density at radius 1 is 0.375 bits per heavy atom. The Bertz CT molecular complexity index is 1700. The van der Waals surface area contributed by atoms with Crippen LogP contribution in [0.2, 0.25) is 0 Å². The second kappa shape index (κ2) is 11.5. The van der Waals surface area contributed by atoms with Gasteiger partial charge in [0.05, 0.1) is 5.69 Å². The first kappa shape index (κ1) is 25.4. The molecular weight excluding hydrogens is 489 g/mol. The fourth-order valence-electron chi connectivity index (χ4n) is 5.14. The molecule has 0 spiro atoms. The van der Waals surface area contributed by atoms with Crippen molar-refractivity contribution >= 4 is 29.6 Å². The Morgan fingerprint density at radius 2 is 0.825 bits per heavy atom. The molecule has 0 aliphatic heterocycles. The van der Waals surface area contributed by atoms with Gasteiger partial charge in [-0.1, -0.05) is 127 Å². The lowest BCUT2D eigenvalue weighted by Gasteiger charge is -2.28. The molecule has 192 valence electrons. The minimum Gasteiger partial charge on any atom is -0.423 e. The molecule has 0 unspecified atom stereocenters. The average molecular weight is 517 g/mol. The van der Waals surface area contributed by atoms with E-state index in [1.54, 1.807) is 12.1 Å². The first-order valence-corrected chi connectivity index (χ1v) is 13.3. The lowest BCUT2D eigenvalue weighted by Crippen LogP contribution is -2.29. The molecule has 2 N–H and O–H groups in total. The van der Waals surface area contributed by atoms with Crippen LogP contribution in [-0.4, -0.2) is 17.2 Å². The molecule has 0 aliphatic rings. The van der Waals surface area contributed by atoms with Gasteiger partial charge in [-0.2, -0.15) is 0 Å². The van der Waals surface area contributed by atoms with Gasteiger partial charge in [-0.05, 0) is 63.6 Å². The Kier molecular flexibility index (Phi) is 7.27. The summed E-state index contributed by atoms with van der Waals surface area (Å²) in [4.78, 5) is 2.22. The van der Waals surface area contributed by atoms with E-state index in [0.29, 0.717) is 5.46 Å². The van der Waals surface area contributed by atoms with Crippen molar-refractivity contribution in [2.75, 3.05) is 4.90 Å². The topological polar surface area (TPSA) is 43.7 Å². The predicted octanol–water partition coefficient (Wildman–Crippen LogP) is 7.84. The summed E-state index contributed by atoms with van der Waals surface area (Å²) >= 11 is 0.